The largest absolute Gasteiger partial charge is 0.494 e. The fraction of sp³-hybridized carbons (Fsp3) is 0.261. The summed E-state index contributed by atoms with van der Waals surface area (Å²) in [5.74, 6) is 0.914. The van der Waals surface area contributed by atoms with Crippen LogP contribution in [-0.2, 0) is 17.6 Å². The maximum Gasteiger partial charge on any atom is 0.279 e. The monoisotopic (exact) mass is 439 g/mol. The molecular weight excluding hydrogens is 417 g/mol. The van der Waals surface area contributed by atoms with E-state index in [0.29, 0.717) is 28.9 Å². The average Bonchev–Trinajstić information content (AvgIpc) is 2.76. The minimum absolute atomic E-state index is 0.151. The van der Waals surface area contributed by atoms with E-state index >= 15 is 0 Å². The molecular formula is C23H22FN3O3S. The number of anilines is 1. The fourth-order valence-electron chi connectivity index (χ4n) is 3.64. The smallest absolute Gasteiger partial charge is 0.279 e. The number of carbonyl (C=O) groups is 1. The summed E-state index contributed by atoms with van der Waals surface area (Å²) in [4.78, 5) is 29.7. The third kappa shape index (κ3) is 4.49. The van der Waals surface area contributed by atoms with Crippen LogP contribution >= 0.6 is 11.8 Å². The Morgan fingerprint density at radius 3 is 2.55 bits per heavy atom. The zero-order valence-corrected chi connectivity index (χ0v) is 18.0. The van der Waals surface area contributed by atoms with Crippen molar-refractivity contribution in [1.82, 2.24) is 9.55 Å². The van der Waals surface area contributed by atoms with Crippen LogP contribution in [0.3, 0.4) is 0 Å². The van der Waals surface area contributed by atoms with Crippen LogP contribution < -0.4 is 15.6 Å². The van der Waals surface area contributed by atoms with Gasteiger partial charge in [-0.3, -0.25) is 9.59 Å². The summed E-state index contributed by atoms with van der Waals surface area (Å²) in [6.45, 7) is 2.48. The van der Waals surface area contributed by atoms with Gasteiger partial charge in [-0.2, -0.15) is 4.98 Å². The Balaban J connectivity index is 1.66. The van der Waals surface area contributed by atoms with E-state index in [1.165, 1.54) is 23.9 Å². The normalized spacial score (nSPS) is 15.3. The Kier molecular flexibility index (Phi) is 6.08. The van der Waals surface area contributed by atoms with E-state index in [0.717, 1.165) is 16.9 Å². The molecule has 0 fully saturated rings. The van der Waals surface area contributed by atoms with Crippen LogP contribution in [0.2, 0.25) is 0 Å². The summed E-state index contributed by atoms with van der Waals surface area (Å²) in [7, 11) is 1.78. The second kappa shape index (κ2) is 8.93. The van der Waals surface area contributed by atoms with E-state index in [1.807, 2.05) is 31.2 Å². The molecule has 6 nitrogen and oxygen atoms in total. The first-order chi connectivity index (χ1) is 15.0. The molecule has 0 saturated heterocycles. The molecule has 1 atom stereocenters. The Morgan fingerprint density at radius 1 is 1.16 bits per heavy atom. The molecule has 0 bridgehead atoms. The first-order valence-electron chi connectivity index (χ1n) is 9.97. The number of hydrogen-bond donors (Lipinski definition) is 1. The number of nitrogens with zero attached hydrogens (tertiary/aromatic N) is 2. The van der Waals surface area contributed by atoms with E-state index in [4.69, 9.17) is 4.74 Å². The lowest BCUT2D eigenvalue weighted by atomic mass is 9.87. The van der Waals surface area contributed by atoms with Gasteiger partial charge in [0.25, 0.3) is 5.56 Å². The van der Waals surface area contributed by atoms with E-state index in [-0.39, 0.29) is 29.6 Å². The minimum Gasteiger partial charge on any atom is -0.494 e. The lowest BCUT2D eigenvalue weighted by molar-refractivity contribution is -0.116. The van der Waals surface area contributed by atoms with Crippen molar-refractivity contribution in [3.8, 4) is 5.75 Å². The molecule has 0 saturated carbocycles. The van der Waals surface area contributed by atoms with Gasteiger partial charge in [0.1, 0.15) is 17.4 Å². The first kappa shape index (κ1) is 21.1. The van der Waals surface area contributed by atoms with Gasteiger partial charge in [0.05, 0.1) is 12.2 Å². The lowest BCUT2D eigenvalue weighted by Gasteiger charge is -2.27. The quantitative estimate of drug-likeness (QED) is 0.463. The molecule has 31 heavy (non-hydrogen) atoms. The molecule has 3 aromatic rings. The highest BCUT2D eigenvalue weighted by Gasteiger charge is 2.32. The lowest BCUT2D eigenvalue weighted by Crippen LogP contribution is -2.33. The summed E-state index contributed by atoms with van der Waals surface area (Å²) >= 11 is 1.36. The standard InChI is InChI=1S/C23H22FN3O3S/c1-3-30-17-10-6-15(7-11-17)18-12-19(28)25-21-20(18)22(29)26-23(27(21)2)31-13-14-4-8-16(24)9-5-14/h4-11,18H,3,12-13H2,1-2H3,(H,25,28). The Labute approximate surface area is 183 Å². The van der Waals surface area contributed by atoms with Crippen LogP contribution in [-0.4, -0.2) is 22.1 Å². The van der Waals surface area contributed by atoms with Crippen molar-refractivity contribution in [3.63, 3.8) is 0 Å². The molecule has 160 valence electrons. The molecule has 0 aliphatic carbocycles. The van der Waals surface area contributed by atoms with E-state index < -0.39 is 0 Å². The molecule has 1 aliphatic heterocycles. The topological polar surface area (TPSA) is 73.2 Å². The molecule has 8 heteroatoms. The maximum atomic E-state index is 13.1. The molecule has 4 rings (SSSR count). The van der Waals surface area contributed by atoms with Gasteiger partial charge in [-0.05, 0) is 42.3 Å². The maximum absolute atomic E-state index is 13.1. The van der Waals surface area contributed by atoms with Gasteiger partial charge in [-0.1, -0.05) is 36.0 Å². The average molecular weight is 440 g/mol. The van der Waals surface area contributed by atoms with Crippen LogP contribution in [0.1, 0.15) is 36.0 Å². The molecule has 0 spiro atoms. The number of nitrogens with one attached hydrogen (secondary N) is 1. The van der Waals surface area contributed by atoms with Gasteiger partial charge in [-0.15, -0.1) is 0 Å². The molecule has 1 N–H and O–H groups in total. The Morgan fingerprint density at radius 2 is 1.87 bits per heavy atom. The molecule has 1 aliphatic rings. The zero-order chi connectivity index (χ0) is 22.0. The van der Waals surface area contributed by atoms with Crippen molar-refractivity contribution < 1.29 is 13.9 Å². The van der Waals surface area contributed by atoms with E-state index in [9.17, 15) is 14.0 Å². The number of fused-ring (bicyclic) bond motifs is 1. The number of halogens is 1. The van der Waals surface area contributed by atoms with Crippen molar-refractivity contribution in [2.24, 2.45) is 7.05 Å². The van der Waals surface area contributed by atoms with Crippen LogP contribution in [0.5, 0.6) is 5.75 Å². The molecule has 0 radical (unpaired) electrons. The molecule has 1 unspecified atom stereocenters. The second-order valence-corrected chi connectivity index (χ2v) is 8.19. The Bertz CT molecular complexity index is 1160. The van der Waals surface area contributed by atoms with Gasteiger partial charge in [0.2, 0.25) is 5.91 Å². The highest BCUT2D eigenvalue weighted by Crippen LogP contribution is 2.36. The number of hydrogen-bond acceptors (Lipinski definition) is 5. The van der Waals surface area contributed by atoms with Gasteiger partial charge in [-0.25, -0.2) is 4.39 Å². The summed E-state index contributed by atoms with van der Waals surface area (Å²) in [6, 6.07) is 13.6. The number of carbonyl (C=O) groups excluding carboxylic acids is 1. The highest BCUT2D eigenvalue weighted by atomic mass is 32.2. The number of amides is 1. The summed E-state index contributed by atoms with van der Waals surface area (Å²) in [5, 5.41) is 3.33. The van der Waals surface area contributed by atoms with Gasteiger partial charge in [0.15, 0.2) is 5.16 Å². The van der Waals surface area contributed by atoms with Crippen LogP contribution in [0.25, 0.3) is 0 Å². The summed E-state index contributed by atoms with van der Waals surface area (Å²) < 4.78 is 20.3. The number of rotatable bonds is 6. The predicted octanol–water partition coefficient (Wildman–Crippen LogP) is 4.08. The van der Waals surface area contributed by atoms with E-state index in [1.54, 1.807) is 23.7 Å². The van der Waals surface area contributed by atoms with Crippen molar-refractivity contribution in [2.75, 3.05) is 11.9 Å². The van der Waals surface area contributed by atoms with Crippen molar-refractivity contribution in [1.29, 1.82) is 0 Å². The predicted molar refractivity (Wildman–Crippen MR) is 118 cm³/mol. The number of thioether (sulfide) groups is 1. The van der Waals surface area contributed by atoms with Crippen molar-refractivity contribution in [3.05, 3.63) is 81.4 Å². The van der Waals surface area contributed by atoms with Gasteiger partial charge < -0.3 is 14.6 Å². The molecule has 1 aromatic heterocycles. The highest BCUT2D eigenvalue weighted by molar-refractivity contribution is 7.98. The SMILES string of the molecule is CCOc1ccc(C2CC(=O)Nc3c2c(=O)nc(SCc2ccc(F)cc2)n3C)cc1. The third-order valence-electron chi connectivity index (χ3n) is 5.18. The minimum atomic E-state index is -0.373. The fourth-order valence-corrected chi connectivity index (χ4v) is 4.56. The van der Waals surface area contributed by atoms with Gasteiger partial charge >= 0.3 is 0 Å². The van der Waals surface area contributed by atoms with Crippen LogP contribution in [0.15, 0.2) is 58.5 Å². The zero-order valence-electron chi connectivity index (χ0n) is 17.2. The van der Waals surface area contributed by atoms with Crippen LogP contribution in [0, 0.1) is 5.82 Å². The van der Waals surface area contributed by atoms with E-state index in [2.05, 4.69) is 10.3 Å². The van der Waals surface area contributed by atoms with Crippen LogP contribution in [0.4, 0.5) is 10.2 Å². The first-order valence-corrected chi connectivity index (χ1v) is 11.0. The number of benzene rings is 2. The van der Waals surface area contributed by atoms with Crippen molar-refractivity contribution in [2.45, 2.75) is 30.2 Å². The summed E-state index contributed by atoms with van der Waals surface area (Å²) in [5.41, 5.74) is 1.91. The third-order valence-corrected chi connectivity index (χ3v) is 6.28. The molecule has 2 heterocycles. The molecule has 2 aromatic carbocycles. The second-order valence-electron chi connectivity index (χ2n) is 7.24. The summed E-state index contributed by atoms with van der Waals surface area (Å²) in [6.07, 6.45) is 0.181. The number of ether oxygens (including phenoxy) is 1. The molecule has 1 amide bonds. The van der Waals surface area contributed by atoms with Crippen molar-refractivity contribution >= 4 is 23.5 Å². The van der Waals surface area contributed by atoms with Gasteiger partial charge in [0, 0.05) is 25.1 Å². The number of aromatic nitrogens is 2. The Hall–Kier alpha value is -3.13.